The van der Waals surface area contributed by atoms with Gasteiger partial charge in [0.1, 0.15) is 5.75 Å². The minimum Gasteiger partial charge on any atom is -0.494 e. The Kier molecular flexibility index (Phi) is 4.40. The van der Waals surface area contributed by atoms with Gasteiger partial charge in [0.25, 0.3) is 0 Å². The summed E-state index contributed by atoms with van der Waals surface area (Å²) in [7, 11) is 0. The molecule has 18 heavy (non-hydrogen) atoms. The number of hydrogen-bond donors (Lipinski definition) is 1. The van der Waals surface area contributed by atoms with Crippen molar-refractivity contribution >= 4 is 11.5 Å². The average molecular weight is 245 g/mol. The standard InChI is InChI=1S/C15H19NO2/c1-2-18-14-8-5-7-13(10-14)16-11-12-6-3-4-9-15(12)17/h5,7-8,10-11,16H,2-4,6,9H2,1H3/b12-11+. The molecule has 0 spiro atoms. The number of rotatable bonds is 4. The average Bonchev–Trinajstić information content (AvgIpc) is 2.39. The zero-order valence-corrected chi connectivity index (χ0v) is 10.7. The summed E-state index contributed by atoms with van der Waals surface area (Å²) < 4.78 is 5.43. The molecule has 0 unspecified atom stereocenters. The van der Waals surface area contributed by atoms with Crippen LogP contribution >= 0.6 is 0 Å². The highest BCUT2D eigenvalue weighted by atomic mass is 16.5. The van der Waals surface area contributed by atoms with E-state index in [0.29, 0.717) is 13.0 Å². The molecule has 3 heteroatoms. The van der Waals surface area contributed by atoms with Crippen LogP contribution in [0.2, 0.25) is 0 Å². The van der Waals surface area contributed by atoms with Crippen molar-refractivity contribution in [2.45, 2.75) is 32.6 Å². The summed E-state index contributed by atoms with van der Waals surface area (Å²) in [5, 5.41) is 3.18. The fourth-order valence-electron chi connectivity index (χ4n) is 2.07. The Hall–Kier alpha value is -1.77. The Morgan fingerprint density at radius 1 is 1.33 bits per heavy atom. The second kappa shape index (κ2) is 6.24. The first-order valence-electron chi connectivity index (χ1n) is 6.51. The molecule has 1 aliphatic carbocycles. The van der Waals surface area contributed by atoms with Crippen LogP contribution in [0.25, 0.3) is 0 Å². The zero-order valence-electron chi connectivity index (χ0n) is 10.7. The molecule has 0 bridgehead atoms. The molecule has 0 atom stereocenters. The molecular formula is C15H19NO2. The van der Waals surface area contributed by atoms with Gasteiger partial charge in [0.15, 0.2) is 5.78 Å². The number of Topliss-reactive ketones (excluding diaryl/α,β-unsaturated/α-hetero) is 1. The van der Waals surface area contributed by atoms with Crippen LogP contribution in [0.5, 0.6) is 5.75 Å². The fourth-order valence-corrected chi connectivity index (χ4v) is 2.07. The minimum absolute atomic E-state index is 0.273. The largest absolute Gasteiger partial charge is 0.494 e. The van der Waals surface area contributed by atoms with E-state index in [0.717, 1.165) is 36.3 Å². The fraction of sp³-hybridized carbons (Fsp3) is 0.400. The Labute approximate surface area is 108 Å². The van der Waals surface area contributed by atoms with Gasteiger partial charge in [-0.15, -0.1) is 0 Å². The topological polar surface area (TPSA) is 38.3 Å². The normalized spacial score (nSPS) is 17.8. The highest BCUT2D eigenvalue weighted by Crippen LogP contribution is 2.21. The molecule has 0 aliphatic heterocycles. The van der Waals surface area contributed by atoms with Crippen molar-refractivity contribution in [3.8, 4) is 5.75 Å². The number of benzene rings is 1. The lowest BCUT2D eigenvalue weighted by atomic mass is 9.94. The van der Waals surface area contributed by atoms with Crippen molar-refractivity contribution in [1.29, 1.82) is 0 Å². The first-order chi connectivity index (χ1) is 8.79. The molecule has 1 N–H and O–H groups in total. The van der Waals surface area contributed by atoms with Gasteiger partial charge in [-0.05, 0) is 38.3 Å². The van der Waals surface area contributed by atoms with Gasteiger partial charge in [-0.25, -0.2) is 0 Å². The molecule has 1 aromatic rings. The quantitative estimate of drug-likeness (QED) is 0.825. The molecule has 1 aromatic carbocycles. The summed E-state index contributed by atoms with van der Waals surface area (Å²) in [5.41, 5.74) is 1.86. The van der Waals surface area contributed by atoms with Crippen molar-refractivity contribution in [2.24, 2.45) is 0 Å². The first-order valence-corrected chi connectivity index (χ1v) is 6.51. The van der Waals surface area contributed by atoms with Gasteiger partial charge >= 0.3 is 0 Å². The molecule has 3 nitrogen and oxygen atoms in total. The molecule has 2 rings (SSSR count). The minimum atomic E-state index is 0.273. The molecule has 0 radical (unpaired) electrons. The third kappa shape index (κ3) is 3.36. The lowest BCUT2D eigenvalue weighted by molar-refractivity contribution is -0.116. The third-order valence-corrected chi connectivity index (χ3v) is 3.02. The van der Waals surface area contributed by atoms with Crippen LogP contribution < -0.4 is 10.1 Å². The number of ketones is 1. The SMILES string of the molecule is CCOc1cccc(N/C=C2\CCCCC2=O)c1. The van der Waals surface area contributed by atoms with Crippen LogP contribution in [0.3, 0.4) is 0 Å². The van der Waals surface area contributed by atoms with Crippen molar-refractivity contribution < 1.29 is 9.53 Å². The number of carbonyl (C=O) groups is 1. The van der Waals surface area contributed by atoms with Gasteiger partial charge in [0.05, 0.1) is 6.61 Å². The highest BCUT2D eigenvalue weighted by Gasteiger charge is 2.14. The monoisotopic (exact) mass is 245 g/mol. The second-order valence-corrected chi connectivity index (χ2v) is 4.41. The highest BCUT2D eigenvalue weighted by molar-refractivity contribution is 5.96. The molecular weight excluding hydrogens is 226 g/mol. The van der Waals surface area contributed by atoms with Crippen LogP contribution in [-0.4, -0.2) is 12.4 Å². The van der Waals surface area contributed by atoms with E-state index < -0.39 is 0 Å². The zero-order chi connectivity index (χ0) is 12.8. The van der Waals surface area contributed by atoms with E-state index in [1.54, 1.807) is 0 Å². The van der Waals surface area contributed by atoms with Crippen LogP contribution in [0.15, 0.2) is 36.0 Å². The van der Waals surface area contributed by atoms with Crippen LogP contribution in [0.1, 0.15) is 32.6 Å². The van der Waals surface area contributed by atoms with E-state index in [1.807, 2.05) is 37.4 Å². The molecule has 0 aromatic heterocycles. The van der Waals surface area contributed by atoms with Crippen LogP contribution in [-0.2, 0) is 4.79 Å². The van der Waals surface area contributed by atoms with Gasteiger partial charge < -0.3 is 10.1 Å². The summed E-state index contributed by atoms with van der Waals surface area (Å²) in [4.78, 5) is 11.7. The molecule has 1 fully saturated rings. The maximum Gasteiger partial charge on any atom is 0.160 e. The summed E-state index contributed by atoms with van der Waals surface area (Å²) in [6.45, 7) is 2.62. The predicted octanol–water partition coefficient (Wildman–Crippen LogP) is 3.52. The Morgan fingerprint density at radius 2 is 2.17 bits per heavy atom. The van der Waals surface area contributed by atoms with Gasteiger partial charge in [0.2, 0.25) is 0 Å². The lowest BCUT2D eigenvalue weighted by Crippen LogP contribution is -2.09. The number of hydrogen-bond acceptors (Lipinski definition) is 3. The summed E-state index contributed by atoms with van der Waals surface area (Å²) in [6, 6.07) is 7.77. The number of anilines is 1. The van der Waals surface area contributed by atoms with Crippen LogP contribution in [0, 0.1) is 0 Å². The summed E-state index contributed by atoms with van der Waals surface area (Å²) >= 11 is 0. The molecule has 0 amide bonds. The molecule has 1 aliphatic rings. The van der Waals surface area contributed by atoms with Crippen LogP contribution in [0.4, 0.5) is 5.69 Å². The van der Waals surface area contributed by atoms with Crippen molar-refractivity contribution in [2.75, 3.05) is 11.9 Å². The number of carbonyl (C=O) groups excluding carboxylic acids is 1. The van der Waals surface area contributed by atoms with E-state index in [-0.39, 0.29) is 5.78 Å². The Morgan fingerprint density at radius 3 is 2.94 bits per heavy atom. The number of nitrogens with one attached hydrogen (secondary N) is 1. The van der Waals surface area contributed by atoms with E-state index in [2.05, 4.69) is 5.32 Å². The van der Waals surface area contributed by atoms with Gasteiger partial charge in [0, 0.05) is 29.9 Å². The first kappa shape index (κ1) is 12.7. The Balaban J connectivity index is 2.02. The molecule has 0 heterocycles. The predicted molar refractivity (Wildman–Crippen MR) is 72.8 cm³/mol. The lowest BCUT2D eigenvalue weighted by Gasteiger charge is -2.13. The smallest absolute Gasteiger partial charge is 0.160 e. The van der Waals surface area contributed by atoms with E-state index in [1.165, 1.54) is 0 Å². The van der Waals surface area contributed by atoms with Crippen molar-refractivity contribution in [3.63, 3.8) is 0 Å². The van der Waals surface area contributed by atoms with E-state index in [4.69, 9.17) is 4.74 Å². The molecule has 0 saturated heterocycles. The van der Waals surface area contributed by atoms with Crippen molar-refractivity contribution in [3.05, 3.63) is 36.0 Å². The maximum absolute atomic E-state index is 11.7. The molecule has 1 saturated carbocycles. The maximum atomic E-state index is 11.7. The van der Waals surface area contributed by atoms with Crippen molar-refractivity contribution in [1.82, 2.24) is 0 Å². The second-order valence-electron chi connectivity index (χ2n) is 4.41. The third-order valence-electron chi connectivity index (χ3n) is 3.02. The van der Waals surface area contributed by atoms with Gasteiger partial charge in [-0.3, -0.25) is 4.79 Å². The van der Waals surface area contributed by atoms with E-state index in [9.17, 15) is 4.79 Å². The summed E-state index contributed by atoms with van der Waals surface area (Å²) in [6.07, 6.45) is 5.55. The number of ether oxygens (including phenoxy) is 1. The van der Waals surface area contributed by atoms with Gasteiger partial charge in [-0.1, -0.05) is 6.07 Å². The van der Waals surface area contributed by atoms with E-state index >= 15 is 0 Å². The number of allylic oxidation sites excluding steroid dienone is 1. The van der Waals surface area contributed by atoms with Gasteiger partial charge in [-0.2, -0.15) is 0 Å². The Bertz CT molecular complexity index is 452. The summed E-state index contributed by atoms with van der Waals surface area (Å²) in [5.74, 6) is 1.12. The molecule has 96 valence electrons.